The molecule has 0 unspecified atom stereocenters. The Morgan fingerprint density at radius 2 is 2.55 bits per heavy atom. The third kappa shape index (κ3) is 2.86. The van der Waals surface area contributed by atoms with Gasteiger partial charge in [-0.25, -0.2) is 4.98 Å². The van der Waals surface area contributed by atoms with Crippen LogP contribution in [0.4, 0.5) is 5.13 Å². The molecule has 0 radical (unpaired) electrons. The quantitative estimate of drug-likeness (QED) is 0.669. The van der Waals surface area contributed by atoms with E-state index in [1.54, 1.807) is 11.3 Å². The number of nitrogens with two attached hydrogens (primary N) is 1. The molecular weight excluding hydrogens is 158 g/mol. The summed E-state index contributed by atoms with van der Waals surface area (Å²) in [4.78, 5) is 4.25. The predicted molar refractivity (Wildman–Crippen MR) is 49.0 cm³/mol. The highest BCUT2D eigenvalue weighted by Gasteiger charge is 1.94. The zero-order valence-electron chi connectivity index (χ0n) is 6.63. The van der Waals surface area contributed by atoms with E-state index in [0.29, 0.717) is 0 Å². The molecule has 0 atom stereocenters. The summed E-state index contributed by atoms with van der Waals surface area (Å²) in [6.45, 7) is 3.64. The average Bonchev–Trinajstić information content (AvgIpc) is 2.37. The van der Waals surface area contributed by atoms with Crippen LogP contribution in [0.5, 0.6) is 0 Å². The van der Waals surface area contributed by atoms with Gasteiger partial charge in [-0.05, 0) is 19.9 Å². The minimum absolute atomic E-state index is 0.733. The van der Waals surface area contributed by atoms with E-state index in [-0.39, 0.29) is 0 Å². The minimum atomic E-state index is 0.733. The fourth-order valence-electron chi connectivity index (χ4n) is 0.733. The van der Waals surface area contributed by atoms with Gasteiger partial charge in [-0.1, -0.05) is 0 Å². The molecule has 0 amide bonds. The zero-order chi connectivity index (χ0) is 8.10. The Kier molecular flexibility index (Phi) is 3.32. The van der Waals surface area contributed by atoms with Gasteiger partial charge in [0.1, 0.15) is 0 Å². The molecule has 62 valence electrons. The van der Waals surface area contributed by atoms with Crippen LogP contribution in [0, 0.1) is 6.92 Å². The molecule has 3 nitrogen and oxygen atoms in total. The first-order valence-electron chi connectivity index (χ1n) is 3.69. The molecule has 1 heterocycles. The van der Waals surface area contributed by atoms with E-state index in [0.717, 1.165) is 30.3 Å². The summed E-state index contributed by atoms with van der Waals surface area (Å²) in [5.41, 5.74) is 6.42. The summed E-state index contributed by atoms with van der Waals surface area (Å²) in [6, 6.07) is 0. The van der Waals surface area contributed by atoms with Crippen molar-refractivity contribution in [1.29, 1.82) is 0 Å². The number of hydrogen-bond acceptors (Lipinski definition) is 4. The molecule has 0 spiro atoms. The van der Waals surface area contributed by atoms with Crippen molar-refractivity contribution in [3.63, 3.8) is 0 Å². The highest BCUT2D eigenvalue weighted by Crippen LogP contribution is 2.13. The summed E-state index contributed by atoms with van der Waals surface area (Å²) < 4.78 is 0. The van der Waals surface area contributed by atoms with Crippen molar-refractivity contribution in [3.8, 4) is 0 Å². The number of aryl methyl sites for hydroxylation is 1. The fraction of sp³-hybridized carbons (Fsp3) is 0.571. The van der Waals surface area contributed by atoms with Gasteiger partial charge >= 0.3 is 0 Å². The van der Waals surface area contributed by atoms with Crippen LogP contribution < -0.4 is 11.1 Å². The molecule has 11 heavy (non-hydrogen) atoms. The minimum Gasteiger partial charge on any atom is -0.361 e. The number of rotatable bonds is 4. The molecule has 1 aromatic rings. The van der Waals surface area contributed by atoms with Crippen LogP contribution >= 0.6 is 11.3 Å². The van der Waals surface area contributed by atoms with Crippen LogP contribution in [-0.2, 0) is 0 Å². The molecule has 0 aromatic carbocycles. The smallest absolute Gasteiger partial charge is 0.182 e. The first kappa shape index (κ1) is 8.49. The van der Waals surface area contributed by atoms with Crippen molar-refractivity contribution in [3.05, 3.63) is 11.1 Å². The Hall–Kier alpha value is -0.610. The van der Waals surface area contributed by atoms with E-state index in [4.69, 9.17) is 5.73 Å². The molecule has 0 aliphatic heterocycles. The van der Waals surface area contributed by atoms with Crippen molar-refractivity contribution in [2.45, 2.75) is 13.3 Å². The molecular formula is C7H13N3S. The Morgan fingerprint density at radius 3 is 3.09 bits per heavy atom. The van der Waals surface area contributed by atoms with Crippen molar-refractivity contribution >= 4 is 16.5 Å². The van der Waals surface area contributed by atoms with Crippen LogP contribution in [0.25, 0.3) is 0 Å². The van der Waals surface area contributed by atoms with Gasteiger partial charge in [0.05, 0.1) is 5.69 Å². The normalized spacial score (nSPS) is 10.0. The molecule has 0 bridgehead atoms. The van der Waals surface area contributed by atoms with Crippen LogP contribution in [0.2, 0.25) is 0 Å². The molecule has 3 N–H and O–H groups in total. The van der Waals surface area contributed by atoms with Crippen LogP contribution in [0.3, 0.4) is 0 Å². The highest BCUT2D eigenvalue weighted by molar-refractivity contribution is 7.13. The van der Waals surface area contributed by atoms with Gasteiger partial charge in [-0.2, -0.15) is 0 Å². The zero-order valence-corrected chi connectivity index (χ0v) is 7.45. The van der Waals surface area contributed by atoms with Crippen LogP contribution in [0.1, 0.15) is 12.1 Å². The second-order valence-electron chi connectivity index (χ2n) is 2.36. The summed E-state index contributed by atoms with van der Waals surface area (Å²) in [5, 5.41) is 6.22. The van der Waals surface area contributed by atoms with Crippen molar-refractivity contribution in [2.75, 3.05) is 18.4 Å². The predicted octanol–water partition coefficient (Wildman–Crippen LogP) is 1.21. The lowest BCUT2D eigenvalue weighted by Gasteiger charge is -1.98. The Bertz CT molecular complexity index is 209. The van der Waals surface area contributed by atoms with E-state index >= 15 is 0 Å². The maximum Gasteiger partial charge on any atom is 0.182 e. The van der Waals surface area contributed by atoms with Gasteiger partial charge in [0.15, 0.2) is 5.13 Å². The summed E-state index contributed by atoms with van der Waals surface area (Å²) in [7, 11) is 0. The summed E-state index contributed by atoms with van der Waals surface area (Å²) in [5.74, 6) is 0. The Morgan fingerprint density at radius 1 is 1.73 bits per heavy atom. The maximum atomic E-state index is 5.34. The molecule has 1 aromatic heterocycles. The van der Waals surface area contributed by atoms with E-state index in [2.05, 4.69) is 10.3 Å². The first-order valence-corrected chi connectivity index (χ1v) is 4.57. The molecule has 1 rings (SSSR count). The van der Waals surface area contributed by atoms with Crippen molar-refractivity contribution in [2.24, 2.45) is 5.73 Å². The lowest BCUT2D eigenvalue weighted by atomic mass is 10.4. The van der Waals surface area contributed by atoms with Gasteiger partial charge in [-0.3, -0.25) is 0 Å². The molecule has 0 fully saturated rings. The monoisotopic (exact) mass is 171 g/mol. The van der Waals surface area contributed by atoms with E-state index < -0.39 is 0 Å². The Balaban J connectivity index is 2.27. The van der Waals surface area contributed by atoms with E-state index in [1.807, 2.05) is 12.3 Å². The van der Waals surface area contributed by atoms with Gasteiger partial charge in [0.2, 0.25) is 0 Å². The second kappa shape index (κ2) is 4.31. The SMILES string of the molecule is Cc1csc(NCCCN)n1. The summed E-state index contributed by atoms with van der Waals surface area (Å²) >= 11 is 1.64. The van der Waals surface area contributed by atoms with Crippen molar-refractivity contribution < 1.29 is 0 Å². The summed E-state index contributed by atoms with van der Waals surface area (Å²) in [6.07, 6.45) is 0.999. The first-order chi connectivity index (χ1) is 5.33. The topological polar surface area (TPSA) is 50.9 Å². The standard InChI is InChI=1S/C7H13N3S/c1-6-5-11-7(10-6)9-4-2-3-8/h5H,2-4,8H2,1H3,(H,9,10). The van der Waals surface area contributed by atoms with Gasteiger partial charge in [0.25, 0.3) is 0 Å². The lowest BCUT2D eigenvalue weighted by Crippen LogP contribution is -2.08. The van der Waals surface area contributed by atoms with Gasteiger partial charge < -0.3 is 11.1 Å². The number of thiazole rings is 1. The lowest BCUT2D eigenvalue weighted by molar-refractivity contribution is 0.872. The van der Waals surface area contributed by atoms with Gasteiger partial charge in [-0.15, -0.1) is 11.3 Å². The van der Waals surface area contributed by atoms with Crippen molar-refractivity contribution in [1.82, 2.24) is 4.98 Å². The van der Waals surface area contributed by atoms with Crippen LogP contribution in [-0.4, -0.2) is 18.1 Å². The number of anilines is 1. The third-order valence-electron chi connectivity index (χ3n) is 1.28. The number of aromatic nitrogens is 1. The molecule has 0 aliphatic carbocycles. The van der Waals surface area contributed by atoms with Gasteiger partial charge in [0, 0.05) is 11.9 Å². The Labute approximate surface area is 70.6 Å². The van der Waals surface area contributed by atoms with E-state index in [9.17, 15) is 0 Å². The fourth-order valence-corrected chi connectivity index (χ4v) is 1.45. The number of nitrogens with one attached hydrogen (secondary N) is 1. The number of hydrogen-bond donors (Lipinski definition) is 2. The largest absolute Gasteiger partial charge is 0.361 e. The molecule has 0 aliphatic rings. The molecule has 4 heteroatoms. The molecule has 0 saturated carbocycles. The third-order valence-corrected chi connectivity index (χ3v) is 2.19. The number of nitrogens with zero attached hydrogens (tertiary/aromatic N) is 1. The van der Waals surface area contributed by atoms with E-state index in [1.165, 1.54) is 0 Å². The maximum absolute atomic E-state index is 5.34. The molecule has 0 saturated heterocycles. The second-order valence-corrected chi connectivity index (χ2v) is 3.22. The van der Waals surface area contributed by atoms with Crippen LogP contribution in [0.15, 0.2) is 5.38 Å². The highest BCUT2D eigenvalue weighted by atomic mass is 32.1. The average molecular weight is 171 g/mol.